The van der Waals surface area contributed by atoms with Crippen LogP contribution in [0.25, 0.3) is 0 Å². The van der Waals surface area contributed by atoms with Crippen molar-refractivity contribution in [3.8, 4) is 6.19 Å². The zero-order valence-corrected chi connectivity index (χ0v) is 11.7. The Labute approximate surface area is 114 Å². The van der Waals surface area contributed by atoms with Crippen LogP contribution in [0.4, 0.5) is 11.6 Å². The highest BCUT2D eigenvalue weighted by atomic mass is 15.2. The summed E-state index contributed by atoms with van der Waals surface area (Å²) in [4.78, 5) is 14.4. The Hall–Kier alpha value is -1.87. The number of rotatable bonds is 3. The van der Waals surface area contributed by atoms with E-state index in [9.17, 15) is 0 Å². The molecule has 2 heterocycles. The van der Waals surface area contributed by atoms with E-state index in [2.05, 4.69) is 40.1 Å². The number of hydrogen-bond acceptors (Lipinski definition) is 6. The zero-order valence-electron chi connectivity index (χ0n) is 11.7. The minimum absolute atomic E-state index is 0.506. The first-order chi connectivity index (χ1) is 9.11. The molecule has 0 unspecified atom stereocenters. The van der Waals surface area contributed by atoms with Crippen molar-refractivity contribution in [2.45, 2.75) is 18.9 Å². The molecule has 1 fully saturated rings. The topological polar surface area (TPSA) is 59.3 Å². The van der Waals surface area contributed by atoms with Crippen molar-refractivity contribution >= 4 is 11.6 Å². The van der Waals surface area contributed by atoms with Crippen LogP contribution in [0.2, 0.25) is 0 Å². The lowest BCUT2D eigenvalue weighted by Gasteiger charge is -2.35. The molecule has 0 bridgehead atoms. The van der Waals surface area contributed by atoms with Crippen LogP contribution in [-0.2, 0) is 0 Å². The van der Waals surface area contributed by atoms with E-state index in [4.69, 9.17) is 5.26 Å². The minimum Gasteiger partial charge on any atom is -0.356 e. The molecule has 0 N–H and O–H groups in total. The van der Waals surface area contributed by atoms with E-state index in [0.29, 0.717) is 11.9 Å². The molecule has 6 heteroatoms. The molecule has 0 atom stereocenters. The van der Waals surface area contributed by atoms with Gasteiger partial charge in [0, 0.05) is 26.2 Å². The molecule has 0 radical (unpaired) electrons. The Kier molecular flexibility index (Phi) is 4.17. The Balaban J connectivity index is 2.11. The maximum atomic E-state index is 8.89. The number of anilines is 2. The summed E-state index contributed by atoms with van der Waals surface area (Å²) < 4.78 is 0. The summed E-state index contributed by atoms with van der Waals surface area (Å²) in [5.41, 5.74) is 0. The van der Waals surface area contributed by atoms with E-state index in [1.807, 2.05) is 6.07 Å². The van der Waals surface area contributed by atoms with Gasteiger partial charge in [0.2, 0.25) is 0 Å². The summed E-state index contributed by atoms with van der Waals surface area (Å²) in [6.45, 7) is 2.23. The molecule has 0 aromatic carbocycles. The van der Waals surface area contributed by atoms with Crippen LogP contribution in [0.15, 0.2) is 12.4 Å². The Morgan fingerprint density at radius 3 is 2.53 bits per heavy atom. The average molecular weight is 260 g/mol. The molecule has 0 amide bonds. The molecule has 1 aliphatic heterocycles. The normalized spacial score (nSPS) is 16.9. The van der Waals surface area contributed by atoms with Gasteiger partial charge in [0.25, 0.3) is 0 Å². The van der Waals surface area contributed by atoms with Gasteiger partial charge in [-0.2, -0.15) is 5.26 Å². The SMILES string of the molecule is CN1CCC(N(C)c2cc(N(C)C#N)ncn2)CC1. The molecule has 1 aromatic rings. The molecular formula is C13H20N6. The Morgan fingerprint density at radius 2 is 1.89 bits per heavy atom. The van der Waals surface area contributed by atoms with E-state index in [-0.39, 0.29) is 0 Å². The smallest absolute Gasteiger partial charge is 0.185 e. The molecule has 102 valence electrons. The van der Waals surface area contributed by atoms with Crippen molar-refractivity contribution in [2.24, 2.45) is 0 Å². The summed E-state index contributed by atoms with van der Waals surface area (Å²) in [6, 6.07) is 2.37. The largest absolute Gasteiger partial charge is 0.356 e. The van der Waals surface area contributed by atoms with Crippen LogP contribution in [-0.4, -0.2) is 55.1 Å². The van der Waals surface area contributed by atoms with E-state index in [1.165, 1.54) is 11.2 Å². The van der Waals surface area contributed by atoms with Gasteiger partial charge in [0.1, 0.15) is 18.0 Å². The summed E-state index contributed by atoms with van der Waals surface area (Å²) >= 11 is 0. The van der Waals surface area contributed by atoms with Gasteiger partial charge in [0.05, 0.1) is 0 Å². The molecule has 1 aliphatic rings. The fourth-order valence-corrected chi connectivity index (χ4v) is 2.33. The number of piperidine rings is 1. The first-order valence-electron chi connectivity index (χ1n) is 6.48. The summed E-state index contributed by atoms with van der Waals surface area (Å²) in [6.07, 6.45) is 5.85. The van der Waals surface area contributed by atoms with Gasteiger partial charge in [0.15, 0.2) is 6.19 Å². The fourth-order valence-electron chi connectivity index (χ4n) is 2.33. The molecule has 0 saturated carbocycles. The van der Waals surface area contributed by atoms with Gasteiger partial charge in [-0.15, -0.1) is 0 Å². The maximum absolute atomic E-state index is 8.89. The number of nitriles is 1. The van der Waals surface area contributed by atoms with Gasteiger partial charge in [-0.25, -0.2) is 9.97 Å². The quantitative estimate of drug-likeness (QED) is 0.595. The second kappa shape index (κ2) is 5.85. The van der Waals surface area contributed by atoms with Crippen molar-refractivity contribution in [3.05, 3.63) is 12.4 Å². The van der Waals surface area contributed by atoms with Crippen LogP contribution in [0, 0.1) is 11.5 Å². The first-order valence-corrected chi connectivity index (χ1v) is 6.48. The molecule has 1 saturated heterocycles. The molecule has 6 nitrogen and oxygen atoms in total. The zero-order chi connectivity index (χ0) is 13.8. The van der Waals surface area contributed by atoms with Crippen LogP contribution < -0.4 is 9.80 Å². The third-order valence-corrected chi connectivity index (χ3v) is 3.73. The van der Waals surface area contributed by atoms with E-state index < -0.39 is 0 Å². The van der Waals surface area contributed by atoms with Crippen molar-refractivity contribution in [1.29, 1.82) is 5.26 Å². The maximum Gasteiger partial charge on any atom is 0.185 e. The Morgan fingerprint density at radius 1 is 1.26 bits per heavy atom. The number of aromatic nitrogens is 2. The molecule has 2 rings (SSSR count). The predicted molar refractivity (Wildman–Crippen MR) is 75.0 cm³/mol. The first kappa shape index (κ1) is 13.6. The van der Waals surface area contributed by atoms with Crippen molar-refractivity contribution < 1.29 is 0 Å². The highest BCUT2D eigenvalue weighted by Crippen LogP contribution is 2.21. The number of likely N-dealkylation sites (tertiary alicyclic amines) is 1. The van der Waals surface area contributed by atoms with E-state index >= 15 is 0 Å². The van der Waals surface area contributed by atoms with Gasteiger partial charge in [-0.05, 0) is 33.0 Å². The van der Waals surface area contributed by atoms with Crippen LogP contribution in [0.1, 0.15) is 12.8 Å². The monoisotopic (exact) mass is 260 g/mol. The lowest BCUT2D eigenvalue weighted by Crippen LogP contribution is -2.42. The van der Waals surface area contributed by atoms with Gasteiger partial charge < -0.3 is 9.80 Å². The summed E-state index contributed by atoms with van der Waals surface area (Å²) in [5, 5.41) is 8.89. The summed E-state index contributed by atoms with van der Waals surface area (Å²) in [5.74, 6) is 1.51. The van der Waals surface area contributed by atoms with E-state index in [1.54, 1.807) is 7.05 Å². The predicted octanol–water partition coefficient (Wildman–Crippen LogP) is 0.924. The third-order valence-electron chi connectivity index (χ3n) is 3.73. The lowest BCUT2D eigenvalue weighted by molar-refractivity contribution is 0.252. The second-order valence-electron chi connectivity index (χ2n) is 5.04. The standard InChI is InChI=1S/C13H20N6/c1-17-6-4-11(5-7-17)19(3)13-8-12(15-10-16-13)18(2)9-14/h8,10-11H,4-7H2,1-3H3. The molecule has 0 aliphatic carbocycles. The number of hydrogen-bond donors (Lipinski definition) is 0. The molecule has 19 heavy (non-hydrogen) atoms. The third kappa shape index (κ3) is 3.12. The highest BCUT2D eigenvalue weighted by molar-refractivity contribution is 5.51. The van der Waals surface area contributed by atoms with Crippen LogP contribution in [0.3, 0.4) is 0 Å². The Bertz CT molecular complexity index is 460. The van der Waals surface area contributed by atoms with Gasteiger partial charge >= 0.3 is 0 Å². The molecule has 1 aromatic heterocycles. The van der Waals surface area contributed by atoms with Crippen molar-refractivity contribution in [2.75, 3.05) is 44.0 Å². The second-order valence-corrected chi connectivity index (χ2v) is 5.04. The van der Waals surface area contributed by atoms with Crippen LogP contribution in [0.5, 0.6) is 0 Å². The van der Waals surface area contributed by atoms with E-state index in [0.717, 1.165) is 31.7 Å². The van der Waals surface area contributed by atoms with Gasteiger partial charge in [-0.1, -0.05) is 0 Å². The van der Waals surface area contributed by atoms with Crippen LogP contribution >= 0.6 is 0 Å². The summed E-state index contributed by atoms with van der Waals surface area (Å²) in [7, 11) is 5.91. The van der Waals surface area contributed by atoms with Gasteiger partial charge in [-0.3, -0.25) is 4.90 Å². The highest BCUT2D eigenvalue weighted by Gasteiger charge is 2.21. The number of nitrogens with zero attached hydrogens (tertiary/aromatic N) is 6. The van der Waals surface area contributed by atoms with Crippen molar-refractivity contribution in [1.82, 2.24) is 14.9 Å². The lowest BCUT2D eigenvalue weighted by atomic mass is 10.0. The molecular weight excluding hydrogens is 240 g/mol. The minimum atomic E-state index is 0.506. The van der Waals surface area contributed by atoms with Crippen molar-refractivity contribution in [3.63, 3.8) is 0 Å². The average Bonchev–Trinajstić information content (AvgIpc) is 2.46. The fraction of sp³-hybridized carbons (Fsp3) is 0.615. The molecule has 0 spiro atoms.